The highest BCUT2D eigenvalue weighted by Crippen LogP contribution is 2.07. The van der Waals surface area contributed by atoms with Crippen LogP contribution in [-0.4, -0.2) is 43.1 Å². The third-order valence-electron chi connectivity index (χ3n) is 1.62. The molecule has 2 atom stereocenters. The highest BCUT2D eigenvalue weighted by atomic mass is 28.5. The predicted molar refractivity (Wildman–Crippen MR) is 60.8 cm³/mol. The lowest BCUT2D eigenvalue weighted by molar-refractivity contribution is 0.298. The topological polar surface area (TPSA) is 54.0 Å². The van der Waals surface area contributed by atoms with Gasteiger partial charge in [-0.3, -0.25) is 0 Å². The van der Waals surface area contributed by atoms with E-state index in [1.165, 1.54) is 5.70 Å². The number of hydrogen-bond acceptors (Lipinski definition) is 5. The summed E-state index contributed by atoms with van der Waals surface area (Å²) in [4.78, 5) is 10.2. The third-order valence-corrected chi connectivity index (χ3v) is 13.4. The summed E-state index contributed by atoms with van der Waals surface area (Å²) in [5.41, 5.74) is 1.36. The zero-order valence-corrected chi connectivity index (χ0v) is 13.0. The van der Waals surface area contributed by atoms with E-state index in [0.29, 0.717) is 0 Å². The molecule has 0 aromatic heterocycles. The van der Waals surface area contributed by atoms with Crippen LogP contribution >= 0.6 is 0 Å². The van der Waals surface area contributed by atoms with Crippen LogP contribution in [0.5, 0.6) is 0 Å². The number of carbonyl (C=O) groups excluding carboxylic acids is 1. The van der Waals surface area contributed by atoms with Crippen LogP contribution < -0.4 is 0 Å². The molecule has 1 saturated heterocycles. The lowest BCUT2D eigenvalue weighted by Crippen LogP contribution is -2.45. The van der Waals surface area contributed by atoms with Crippen molar-refractivity contribution in [1.29, 1.82) is 0 Å². The fourth-order valence-corrected chi connectivity index (χ4v) is 12.6. The molecule has 80 valence electrons. The molecule has 9 heteroatoms. The molecule has 1 fully saturated rings. The zero-order valence-electron chi connectivity index (χ0n) is 8.43. The summed E-state index contributed by atoms with van der Waals surface area (Å²) in [6.45, 7) is 5.82. The Kier molecular flexibility index (Phi) is 5.15. The third kappa shape index (κ3) is 4.12. The average molecular weight is 267 g/mol. The van der Waals surface area contributed by atoms with Gasteiger partial charge in [0.05, 0.1) is 0 Å². The van der Waals surface area contributed by atoms with Crippen LogP contribution in [0.3, 0.4) is 0 Å². The van der Waals surface area contributed by atoms with E-state index in [-0.39, 0.29) is 0 Å². The molecule has 1 rings (SSSR count). The van der Waals surface area contributed by atoms with E-state index in [9.17, 15) is 4.79 Å². The summed E-state index contributed by atoms with van der Waals surface area (Å²) in [7, 11) is -6.86. The molecule has 1 aliphatic heterocycles. The Morgan fingerprint density at radius 3 is 1.79 bits per heavy atom. The Balaban J connectivity index is 2.59. The molecule has 0 aromatic rings. The van der Waals surface area contributed by atoms with Gasteiger partial charge in [-0.05, 0) is 19.6 Å². The normalized spacial score (nSPS) is 39.4. The van der Waals surface area contributed by atoms with Gasteiger partial charge in [0.1, 0.15) is 5.94 Å². The van der Waals surface area contributed by atoms with E-state index < -0.39 is 37.1 Å². The minimum atomic E-state index is -2.00. The van der Waals surface area contributed by atoms with Crippen molar-refractivity contribution in [2.24, 2.45) is 0 Å². The molecule has 2 unspecified atom stereocenters. The first kappa shape index (κ1) is 12.2. The van der Waals surface area contributed by atoms with Gasteiger partial charge in [-0.1, -0.05) is 0 Å². The van der Waals surface area contributed by atoms with Crippen molar-refractivity contribution in [3.05, 3.63) is 5.70 Å². The van der Waals surface area contributed by atoms with Crippen LogP contribution in [0.15, 0.2) is 5.70 Å². The molecule has 0 aliphatic carbocycles. The van der Waals surface area contributed by atoms with Crippen LogP contribution in [-0.2, 0) is 21.3 Å². The fraction of sp³-hybridized carbons (Fsp3) is 0.600. The van der Waals surface area contributed by atoms with Crippen molar-refractivity contribution in [2.45, 2.75) is 19.6 Å². The summed E-state index contributed by atoms with van der Waals surface area (Å²) in [6.07, 6.45) is 0. The van der Waals surface area contributed by atoms with Crippen molar-refractivity contribution in [1.82, 2.24) is 0 Å². The average Bonchev–Trinajstić information content (AvgIpc) is 2.00. The number of rotatable bonds is 1. The monoisotopic (exact) mass is 266 g/mol. The fourth-order valence-electron chi connectivity index (χ4n) is 1.18. The molecule has 0 saturated carbocycles. The first-order chi connectivity index (χ1) is 6.61. The molecule has 0 aromatic carbocycles. The highest BCUT2D eigenvalue weighted by molar-refractivity contribution is 6.74. The van der Waals surface area contributed by atoms with Gasteiger partial charge in [0.25, 0.3) is 27.9 Å². The SMILES string of the molecule is C[SiH]1O[SiH](C)O[SiH](C=C=O)O[SiH](C)O1. The van der Waals surface area contributed by atoms with Gasteiger partial charge in [0.15, 0.2) is 0 Å². The standard InChI is InChI=1S/C5H14O5Si4/c1-11-7-12(2)9-14(5-4-6)10-13(3)8-11/h5,11-14H,1-3H3. The summed E-state index contributed by atoms with van der Waals surface area (Å²) in [6, 6.07) is 0. The van der Waals surface area contributed by atoms with Gasteiger partial charge in [-0.2, -0.15) is 0 Å². The number of hydrogen-bond donors (Lipinski definition) is 0. The van der Waals surface area contributed by atoms with Gasteiger partial charge in [0, 0.05) is 5.70 Å². The van der Waals surface area contributed by atoms with Crippen LogP contribution in [0.25, 0.3) is 0 Å². The van der Waals surface area contributed by atoms with Crippen LogP contribution in [0.4, 0.5) is 0 Å². The molecule has 0 N–H and O–H groups in total. The van der Waals surface area contributed by atoms with Gasteiger partial charge in [-0.25, -0.2) is 4.79 Å². The molecular weight excluding hydrogens is 252 g/mol. The first-order valence-corrected chi connectivity index (χ1v) is 12.3. The molecule has 14 heavy (non-hydrogen) atoms. The summed E-state index contributed by atoms with van der Waals surface area (Å²) < 4.78 is 22.4. The van der Waals surface area contributed by atoms with Crippen LogP contribution in [0.1, 0.15) is 0 Å². The van der Waals surface area contributed by atoms with Crippen molar-refractivity contribution in [2.75, 3.05) is 0 Å². The largest absolute Gasteiger partial charge is 0.420 e. The minimum Gasteiger partial charge on any atom is -0.420 e. The lowest BCUT2D eigenvalue weighted by Gasteiger charge is -2.28. The molecule has 1 aliphatic rings. The van der Waals surface area contributed by atoms with Gasteiger partial charge < -0.3 is 16.5 Å². The maximum atomic E-state index is 10.2. The zero-order chi connectivity index (χ0) is 10.6. The first-order valence-electron chi connectivity index (χ1n) is 4.44. The Labute approximate surface area is 90.0 Å². The molecular formula is C5H14O5Si4. The molecule has 1 heterocycles. The molecule has 0 radical (unpaired) electrons. The van der Waals surface area contributed by atoms with Crippen LogP contribution in [0, 0.1) is 0 Å². The molecule has 0 spiro atoms. The van der Waals surface area contributed by atoms with E-state index in [2.05, 4.69) is 0 Å². The lowest BCUT2D eigenvalue weighted by atomic mass is 11.2. The molecule has 5 nitrogen and oxygen atoms in total. The van der Waals surface area contributed by atoms with E-state index in [0.717, 1.165) is 0 Å². The smallest absolute Gasteiger partial charge is 0.341 e. The molecule has 0 bridgehead atoms. The quantitative estimate of drug-likeness (QED) is 0.439. The van der Waals surface area contributed by atoms with Crippen molar-refractivity contribution in [3.8, 4) is 0 Å². The summed E-state index contributed by atoms with van der Waals surface area (Å²) in [5.74, 6) is 1.72. The summed E-state index contributed by atoms with van der Waals surface area (Å²) >= 11 is 0. The Hall–Kier alpha value is 0.158. The highest BCUT2D eigenvalue weighted by Gasteiger charge is 2.27. The second-order valence-corrected chi connectivity index (χ2v) is 11.7. The Morgan fingerprint density at radius 2 is 1.36 bits per heavy atom. The Bertz CT molecular complexity index is 218. The summed E-state index contributed by atoms with van der Waals surface area (Å²) in [5, 5.41) is 0. The van der Waals surface area contributed by atoms with E-state index >= 15 is 0 Å². The van der Waals surface area contributed by atoms with Crippen molar-refractivity contribution in [3.63, 3.8) is 0 Å². The van der Waals surface area contributed by atoms with Crippen molar-refractivity contribution < 1.29 is 21.3 Å². The van der Waals surface area contributed by atoms with E-state index in [1.54, 1.807) is 5.94 Å². The second kappa shape index (κ2) is 5.90. The van der Waals surface area contributed by atoms with Crippen molar-refractivity contribution >= 4 is 43.1 Å². The molecule has 0 amide bonds. The van der Waals surface area contributed by atoms with Crippen LogP contribution in [0.2, 0.25) is 19.6 Å². The predicted octanol–water partition coefficient (Wildman–Crippen LogP) is -1.24. The minimum absolute atomic E-state index is 1.36. The van der Waals surface area contributed by atoms with E-state index in [1.807, 2.05) is 19.6 Å². The maximum Gasteiger partial charge on any atom is 0.341 e. The second-order valence-electron chi connectivity index (χ2n) is 2.90. The Morgan fingerprint density at radius 1 is 0.929 bits per heavy atom. The van der Waals surface area contributed by atoms with Gasteiger partial charge in [0.2, 0.25) is 0 Å². The van der Waals surface area contributed by atoms with Gasteiger partial charge >= 0.3 is 9.28 Å². The van der Waals surface area contributed by atoms with E-state index in [4.69, 9.17) is 16.5 Å². The maximum absolute atomic E-state index is 10.2. The van der Waals surface area contributed by atoms with Gasteiger partial charge in [-0.15, -0.1) is 0 Å².